The molecule has 0 fully saturated rings. The first-order valence-corrected chi connectivity index (χ1v) is 10.3. The Morgan fingerprint density at radius 2 is 1.97 bits per heavy atom. The number of aromatic nitrogens is 3. The van der Waals surface area contributed by atoms with E-state index in [-0.39, 0.29) is 11.5 Å². The molecule has 1 aromatic carbocycles. The number of hydrogen-bond donors (Lipinski definition) is 1. The van der Waals surface area contributed by atoms with Crippen LogP contribution in [0.3, 0.4) is 0 Å². The maximum absolute atomic E-state index is 12.7. The molecule has 0 bridgehead atoms. The van der Waals surface area contributed by atoms with Crippen LogP contribution in [0.1, 0.15) is 48.9 Å². The maximum Gasteiger partial charge on any atom is 0.261 e. The maximum atomic E-state index is 12.7. The van der Waals surface area contributed by atoms with Crippen molar-refractivity contribution in [2.45, 2.75) is 59.9 Å². The number of aryl methyl sites for hydroxylation is 4. The van der Waals surface area contributed by atoms with E-state index in [1.165, 1.54) is 0 Å². The molecule has 7 nitrogen and oxygen atoms in total. The van der Waals surface area contributed by atoms with Gasteiger partial charge in [-0.25, -0.2) is 0 Å². The quantitative estimate of drug-likeness (QED) is 0.603. The molecule has 0 atom stereocenters. The van der Waals surface area contributed by atoms with Crippen LogP contribution in [0.25, 0.3) is 11.4 Å². The molecule has 0 aliphatic carbocycles. The number of benzene rings is 1. The van der Waals surface area contributed by atoms with Gasteiger partial charge in [0.05, 0.1) is 5.56 Å². The fraction of sp³-hybridized carbons (Fsp3) is 0.391. The lowest BCUT2D eigenvalue weighted by Crippen LogP contribution is -2.23. The zero-order chi connectivity index (χ0) is 21.7. The molecule has 1 amide bonds. The number of nitrogens with one attached hydrogen (secondary N) is 1. The Balaban J connectivity index is 1.59. The average molecular weight is 409 g/mol. The molecule has 1 N–H and O–H groups in total. The third kappa shape index (κ3) is 5.03. The molecule has 30 heavy (non-hydrogen) atoms. The minimum absolute atomic E-state index is 0.0531. The number of hydrogen-bond acceptors (Lipinski definition) is 5. The normalized spacial score (nSPS) is 10.9. The Hall–Kier alpha value is -3.22. The van der Waals surface area contributed by atoms with Crippen LogP contribution in [-0.4, -0.2) is 20.6 Å². The lowest BCUT2D eigenvalue weighted by Gasteiger charge is -2.09. The summed E-state index contributed by atoms with van der Waals surface area (Å²) in [6, 6.07) is 9.55. The molecule has 3 rings (SSSR count). The number of carbonyl (C=O) groups excluding carboxylic acids is 1. The monoisotopic (exact) mass is 408 g/mol. The summed E-state index contributed by atoms with van der Waals surface area (Å²) >= 11 is 0. The van der Waals surface area contributed by atoms with Gasteiger partial charge >= 0.3 is 0 Å². The molecular weight excluding hydrogens is 380 g/mol. The number of nitrogens with zero attached hydrogens (tertiary/aromatic N) is 3. The Morgan fingerprint density at radius 1 is 1.17 bits per heavy atom. The summed E-state index contributed by atoms with van der Waals surface area (Å²) < 4.78 is 7.02. The highest BCUT2D eigenvalue weighted by molar-refractivity contribution is 5.91. The highest BCUT2D eigenvalue weighted by Gasteiger charge is 2.15. The van der Waals surface area contributed by atoms with Crippen molar-refractivity contribution in [1.29, 1.82) is 0 Å². The highest BCUT2D eigenvalue weighted by Crippen LogP contribution is 2.17. The summed E-state index contributed by atoms with van der Waals surface area (Å²) in [5.74, 6) is 0.661. The largest absolute Gasteiger partial charge is 0.339 e. The molecule has 0 spiro atoms. The van der Waals surface area contributed by atoms with Crippen molar-refractivity contribution >= 4 is 11.6 Å². The number of carbonyl (C=O) groups is 1. The van der Waals surface area contributed by atoms with Gasteiger partial charge < -0.3 is 14.4 Å². The first-order valence-electron chi connectivity index (χ1n) is 10.3. The van der Waals surface area contributed by atoms with E-state index in [1.807, 2.05) is 52.0 Å². The van der Waals surface area contributed by atoms with Gasteiger partial charge in [-0.3, -0.25) is 9.59 Å². The zero-order valence-corrected chi connectivity index (χ0v) is 18.0. The molecule has 0 aliphatic heterocycles. The van der Waals surface area contributed by atoms with E-state index >= 15 is 0 Å². The van der Waals surface area contributed by atoms with Crippen molar-refractivity contribution in [2.75, 3.05) is 5.32 Å². The second-order valence-corrected chi connectivity index (χ2v) is 7.58. The average Bonchev–Trinajstić information content (AvgIpc) is 3.16. The minimum Gasteiger partial charge on any atom is -0.339 e. The van der Waals surface area contributed by atoms with Crippen molar-refractivity contribution in [1.82, 2.24) is 14.7 Å². The first kappa shape index (κ1) is 21.5. The van der Waals surface area contributed by atoms with Crippen molar-refractivity contribution in [2.24, 2.45) is 0 Å². The Labute approximate surface area is 176 Å². The zero-order valence-electron chi connectivity index (χ0n) is 18.0. The van der Waals surface area contributed by atoms with Crippen LogP contribution < -0.4 is 10.9 Å². The Morgan fingerprint density at radius 3 is 2.70 bits per heavy atom. The molecule has 0 radical (unpaired) electrons. The molecule has 2 heterocycles. The van der Waals surface area contributed by atoms with E-state index in [0.717, 1.165) is 28.9 Å². The van der Waals surface area contributed by atoms with Gasteiger partial charge in [0, 0.05) is 30.8 Å². The van der Waals surface area contributed by atoms with Gasteiger partial charge in [0.1, 0.15) is 0 Å². The van der Waals surface area contributed by atoms with Crippen molar-refractivity contribution in [3.8, 4) is 11.4 Å². The summed E-state index contributed by atoms with van der Waals surface area (Å²) in [6.45, 7) is 8.58. The van der Waals surface area contributed by atoms with Gasteiger partial charge in [-0.15, -0.1) is 0 Å². The minimum atomic E-state index is -0.114. The summed E-state index contributed by atoms with van der Waals surface area (Å²) in [7, 11) is 0. The molecule has 158 valence electrons. The smallest absolute Gasteiger partial charge is 0.261 e. The summed E-state index contributed by atoms with van der Waals surface area (Å²) in [6.07, 6.45) is 2.26. The van der Waals surface area contributed by atoms with Crippen molar-refractivity contribution in [3.05, 3.63) is 63.4 Å². The topological polar surface area (TPSA) is 90.0 Å². The van der Waals surface area contributed by atoms with Crippen molar-refractivity contribution in [3.63, 3.8) is 0 Å². The predicted octanol–water partition coefficient (Wildman–Crippen LogP) is 4.19. The number of anilines is 1. The first-order chi connectivity index (χ1) is 14.4. The van der Waals surface area contributed by atoms with Crippen LogP contribution in [0.5, 0.6) is 0 Å². The van der Waals surface area contributed by atoms with Gasteiger partial charge in [0.2, 0.25) is 17.6 Å². The van der Waals surface area contributed by atoms with Crippen molar-refractivity contribution < 1.29 is 9.32 Å². The van der Waals surface area contributed by atoms with Crippen LogP contribution in [0.2, 0.25) is 0 Å². The molecular formula is C23H28N4O3. The summed E-state index contributed by atoms with van der Waals surface area (Å²) in [5.41, 5.74) is 4.25. The molecule has 0 aliphatic rings. The third-order valence-corrected chi connectivity index (χ3v) is 5.00. The van der Waals surface area contributed by atoms with Gasteiger partial charge in [0.15, 0.2) is 0 Å². The number of rotatable bonds is 8. The van der Waals surface area contributed by atoms with Crippen LogP contribution in [0.4, 0.5) is 5.69 Å². The number of pyridine rings is 1. The van der Waals surface area contributed by atoms with E-state index in [0.29, 0.717) is 43.1 Å². The van der Waals surface area contributed by atoms with Crippen LogP contribution in [-0.2, 0) is 17.8 Å². The van der Waals surface area contributed by atoms with E-state index < -0.39 is 0 Å². The van der Waals surface area contributed by atoms with E-state index in [1.54, 1.807) is 10.6 Å². The molecule has 0 unspecified atom stereocenters. The summed E-state index contributed by atoms with van der Waals surface area (Å²) in [5, 5.41) is 6.90. The summed E-state index contributed by atoms with van der Waals surface area (Å²) in [4.78, 5) is 29.3. The van der Waals surface area contributed by atoms with Crippen LogP contribution in [0.15, 0.2) is 39.6 Å². The van der Waals surface area contributed by atoms with E-state index in [4.69, 9.17) is 4.52 Å². The van der Waals surface area contributed by atoms with E-state index in [2.05, 4.69) is 15.5 Å². The van der Waals surface area contributed by atoms with Crippen LogP contribution >= 0.6 is 0 Å². The predicted molar refractivity (Wildman–Crippen MR) is 117 cm³/mol. The van der Waals surface area contributed by atoms with E-state index in [9.17, 15) is 9.59 Å². The fourth-order valence-electron chi connectivity index (χ4n) is 3.37. The Bertz CT molecular complexity index is 1100. The SMILES string of the molecule is CCCn1c(C)ccc(-c2noc(CCCC(=O)Nc3ccc(C)cc3C)n2)c1=O. The highest BCUT2D eigenvalue weighted by atomic mass is 16.5. The standard InChI is InChI=1S/C23H28N4O3/c1-5-13-27-17(4)10-11-18(23(27)29)22-25-21(30-26-22)8-6-7-20(28)24-19-12-9-15(2)14-16(19)3/h9-12,14H,5-8,13H2,1-4H3,(H,24,28). The lowest BCUT2D eigenvalue weighted by atomic mass is 10.1. The molecule has 0 saturated carbocycles. The van der Waals surface area contributed by atoms with Crippen LogP contribution in [0, 0.1) is 20.8 Å². The second kappa shape index (κ2) is 9.52. The van der Waals surface area contributed by atoms with Gasteiger partial charge in [0.25, 0.3) is 5.56 Å². The molecule has 0 saturated heterocycles. The lowest BCUT2D eigenvalue weighted by molar-refractivity contribution is -0.116. The third-order valence-electron chi connectivity index (χ3n) is 5.00. The second-order valence-electron chi connectivity index (χ2n) is 7.58. The van der Waals surface area contributed by atoms with Gasteiger partial charge in [-0.1, -0.05) is 29.8 Å². The molecule has 3 aromatic rings. The molecule has 2 aromatic heterocycles. The fourth-order valence-corrected chi connectivity index (χ4v) is 3.37. The number of amides is 1. The molecule has 7 heteroatoms. The van der Waals surface area contributed by atoms with Gasteiger partial charge in [-0.2, -0.15) is 4.98 Å². The van der Waals surface area contributed by atoms with Gasteiger partial charge in [-0.05, 0) is 57.4 Å². The Kier molecular flexibility index (Phi) is 6.82.